The Labute approximate surface area is 100 Å². The molecule has 90 valence electrons. The lowest BCUT2D eigenvalue weighted by Gasteiger charge is -2.21. The molecule has 0 amide bonds. The molecule has 2 rings (SSSR count). The summed E-state index contributed by atoms with van der Waals surface area (Å²) >= 11 is 5.73. The van der Waals surface area contributed by atoms with Crippen molar-refractivity contribution < 1.29 is 12.6 Å². The molecule has 6 heteroatoms. The van der Waals surface area contributed by atoms with Crippen molar-refractivity contribution in [3.8, 4) is 0 Å². The molecule has 0 bridgehead atoms. The van der Waals surface area contributed by atoms with Crippen LogP contribution >= 0.6 is 11.6 Å². The van der Waals surface area contributed by atoms with E-state index in [1.165, 1.54) is 12.3 Å². The van der Waals surface area contributed by atoms with Crippen LogP contribution in [-0.4, -0.2) is 19.5 Å². The van der Waals surface area contributed by atoms with Gasteiger partial charge in [0.15, 0.2) is 0 Å². The first-order valence-corrected chi connectivity index (χ1v) is 7.14. The third kappa shape index (κ3) is 2.59. The summed E-state index contributed by atoms with van der Waals surface area (Å²) in [7, 11) is -3.71. The molecule has 1 heterocycles. The molecule has 1 N–H and O–H groups in total. The van der Waals surface area contributed by atoms with Gasteiger partial charge in [-0.2, -0.15) is 8.42 Å². The summed E-state index contributed by atoms with van der Waals surface area (Å²) in [5, 5.41) is 0.107. The first-order chi connectivity index (χ1) is 7.59. The highest BCUT2D eigenvalue weighted by atomic mass is 35.5. The first kappa shape index (κ1) is 12.0. The molecule has 0 aliphatic heterocycles. The third-order valence-electron chi connectivity index (χ3n) is 2.75. The maximum Gasteiger partial charge on any atom is 0.300 e. The summed E-state index contributed by atoms with van der Waals surface area (Å²) in [6.07, 6.45) is 6.12. The van der Waals surface area contributed by atoms with Crippen LogP contribution in [0.3, 0.4) is 0 Å². The summed E-state index contributed by atoms with van der Waals surface area (Å²) < 4.78 is 28.9. The molecule has 0 aromatic carbocycles. The predicted molar refractivity (Wildman–Crippen MR) is 60.9 cm³/mol. The molecule has 0 radical (unpaired) electrons. The van der Waals surface area contributed by atoms with Gasteiger partial charge in [-0.15, -0.1) is 0 Å². The Hall–Kier alpha value is -0.520. The number of hydrogen-bond acceptors (Lipinski definition) is 3. The Morgan fingerprint density at radius 2 is 2.00 bits per heavy atom. The van der Waals surface area contributed by atoms with Crippen molar-refractivity contribution in [1.29, 1.82) is 0 Å². The average Bonchev–Trinajstić information content (AvgIpc) is 2.66. The number of halogens is 1. The van der Waals surface area contributed by atoms with Crippen LogP contribution in [0.2, 0.25) is 5.15 Å². The number of aromatic nitrogens is 1. The number of nitrogens with one attached hydrogen (secondary N) is 1. The molecule has 0 unspecified atom stereocenters. The fourth-order valence-corrected chi connectivity index (χ4v) is 3.50. The maximum absolute atomic E-state index is 11.9. The van der Waals surface area contributed by atoms with E-state index in [2.05, 4.69) is 4.98 Å². The number of hydrogen-bond donors (Lipinski definition) is 1. The van der Waals surface area contributed by atoms with Crippen molar-refractivity contribution in [2.75, 3.05) is 0 Å². The Morgan fingerprint density at radius 3 is 2.56 bits per heavy atom. The molecule has 16 heavy (non-hydrogen) atoms. The van der Waals surface area contributed by atoms with Crippen LogP contribution in [0.15, 0.2) is 17.2 Å². The Bertz CT molecular complexity index is 448. The zero-order chi connectivity index (χ0) is 11.6. The van der Waals surface area contributed by atoms with E-state index < -0.39 is 10.1 Å². The molecule has 1 aliphatic carbocycles. The smallest absolute Gasteiger partial charge is 0.300 e. The van der Waals surface area contributed by atoms with Gasteiger partial charge < -0.3 is 4.98 Å². The normalized spacial score (nSPS) is 18.8. The first-order valence-electron chi connectivity index (χ1n) is 5.36. The largest absolute Gasteiger partial charge is 0.351 e. The Morgan fingerprint density at radius 1 is 1.31 bits per heavy atom. The molecular weight excluding hydrogens is 250 g/mol. The SMILES string of the molecule is O=S(=O)(OC1CCCCC1)c1cc[nH]c1Cl. The van der Waals surface area contributed by atoms with Gasteiger partial charge in [-0.1, -0.05) is 30.9 Å². The van der Waals surface area contributed by atoms with Crippen LogP contribution < -0.4 is 0 Å². The van der Waals surface area contributed by atoms with Crippen LogP contribution in [0.25, 0.3) is 0 Å². The molecular formula is C10H14ClNO3S. The van der Waals surface area contributed by atoms with Crippen LogP contribution in [0.5, 0.6) is 0 Å². The van der Waals surface area contributed by atoms with Gasteiger partial charge in [-0.05, 0) is 18.9 Å². The molecule has 1 aliphatic rings. The van der Waals surface area contributed by atoms with Gasteiger partial charge in [-0.3, -0.25) is 4.18 Å². The minimum Gasteiger partial charge on any atom is -0.351 e. The van der Waals surface area contributed by atoms with E-state index in [9.17, 15) is 8.42 Å². The number of H-pyrrole nitrogens is 1. The van der Waals surface area contributed by atoms with Crippen molar-refractivity contribution in [3.05, 3.63) is 17.4 Å². The second kappa shape index (κ2) is 4.77. The Balaban J connectivity index is 2.11. The van der Waals surface area contributed by atoms with Gasteiger partial charge in [0.05, 0.1) is 6.10 Å². The maximum atomic E-state index is 11.9. The summed E-state index contributed by atoms with van der Waals surface area (Å²) in [6, 6.07) is 1.42. The lowest BCUT2D eigenvalue weighted by Crippen LogP contribution is -2.21. The van der Waals surface area contributed by atoms with Crippen LogP contribution in [-0.2, 0) is 14.3 Å². The van der Waals surface area contributed by atoms with Gasteiger partial charge in [0.1, 0.15) is 10.0 Å². The summed E-state index contributed by atoms with van der Waals surface area (Å²) in [6.45, 7) is 0. The third-order valence-corrected chi connectivity index (χ3v) is 4.57. The fourth-order valence-electron chi connectivity index (χ4n) is 1.92. The van der Waals surface area contributed by atoms with Crippen molar-refractivity contribution in [2.24, 2.45) is 0 Å². The summed E-state index contributed by atoms with van der Waals surface area (Å²) in [5.41, 5.74) is 0. The molecule has 0 saturated heterocycles. The fraction of sp³-hybridized carbons (Fsp3) is 0.600. The van der Waals surface area contributed by atoms with Gasteiger partial charge >= 0.3 is 0 Å². The molecule has 0 atom stereocenters. The standard InChI is InChI=1S/C10H14ClNO3S/c11-10-9(6-7-12-10)16(13,14)15-8-4-2-1-3-5-8/h6-8,12H,1-5H2. The minimum absolute atomic E-state index is 0.0275. The van der Waals surface area contributed by atoms with Gasteiger partial charge in [-0.25, -0.2) is 0 Å². The lowest BCUT2D eigenvalue weighted by atomic mass is 9.98. The highest BCUT2D eigenvalue weighted by Gasteiger charge is 2.25. The van der Waals surface area contributed by atoms with E-state index in [1.807, 2.05) is 0 Å². The van der Waals surface area contributed by atoms with Crippen LogP contribution in [0.4, 0.5) is 0 Å². The number of aromatic amines is 1. The topological polar surface area (TPSA) is 59.2 Å². The Kier molecular flexibility index (Phi) is 3.56. The van der Waals surface area contributed by atoms with E-state index in [4.69, 9.17) is 15.8 Å². The van der Waals surface area contributed by atoms with Crippen molar-refractivity contribution in [3.63, 3.8) is 0 Å². The van der Waals surface area contributed by atoms with Gasteiger partial charge in [0.2, 0.25) is 0 Å². The van der Waals surface area contributed by atoms with Gasteiger partial charge in [0, 0.05) is 6.20 Å². The molecule has 1 fully saturated rings. The van der Waals surface area contributed by atoms with E-state index in [0.29, 0.717) is 0 Å². The van der Waals surface area contributed by atoms with E-state index in [0.717, 1.165) is 32.1 Å². The lowest BCUT2D eigenvalue weighted by molar-refractivity contribution is 0.162. The predicted octanol–water partition coefficient (Wildman–Crippen LogP) is 2.71. The van der Waals surface area contributed by atoms with Crippen molar-refractivity contribution >= 4 is 21.7 Å². The summed E-state index contributed by atoms with van der Waals surface area (Å²) in [5.74, 6) is 0. The van der Waals surface area contributed by atoms with Crippen molar-refractivity contribution in [1.82, 2.24) is 4.98 Å². The quantitative estimate of drug-likeness (QED) is 0.853. The molecule has 1 aromatic rings. The highest BCUT2D eigenvalue weighted by molar-refractivity contribution is 7.86. The molecule has 4 nitrogen and oxygen atoms in total. The molecule has 1 saturated carbocycles. The van der Waals surface area contributed by atoms with Crippen molar-refractivity contribution in [2.45, 2.75) is 43.1 Å². The van der Waals surface area contributed by atoms with Crippen LogP contribution in [0.1, 0.15) is 32.1 Å². The van der Waals surface area contributed by atoms with E-state index in [1.54, 1.807) is 0 Å². The average molecular weight is 264 g/mol. The summed E-state index contributed by atoms with van der Waals surface area (Å²) in [4.78, 5) is 2.65. The van der Waals surface area contributed by atoms with Gasteiger partial charge in [0.25, 0.3) is 10.1 Å². The molecule has 1 aromatic heterocycles. The van der Waals surface area contributed by atoms with E-state index >= 15 is 0 Å². The molecule has 0 spiro atoms. The minimum atomic E-state index is -3.71. The highest BCUT2D eigenvalue weighted by Crippen LogP contribution is 2.27. The monoisotopic (exact) mass is 263 g/mol. The van der Waals surface area contributed by atoms with Crippen LogP contribution in [0, 0.1) is 0 Å². The van der Waals surface area contributed by atoms with E-state index in [-0.39, 0.29) is 16.2 Å². The number of rotatable bonds is 3. The second-order valence-electron chi connectivity index (χ2n) is 3.97. The second-order valence-corrected chi connectivity index (χ2v) is 5.88. The zero-order valence-electron chi connectivity index (χ0n) is 8.78. The zero-order valence-corrected chi connectivity index (χ0v) is 10.4.